The van der Waals surface area contributed by atoms with Gasteiger partial charge in [0.15, 0.2) is 17.9 Å². The molecular weight excluding hydrogens is 216 g/mol. The fourth-order valence-corrected chi connectivity index (χ4v) is 1.10. The lowest BCUT2D eigenvalue weighted by molar-refractivity contribution is -0.0936. The standard InChI is InChI=1S/C11H13F2NO2/c1-15-10(16-2)7-14-6-8-4-3-5-9(12)11(8)13/h3-6,10H,7H2,1-2H3/b14-6+. The van der Waals surface area contributed by atoms with Crippen LogP contribution < -0.4 is 0 Å². The van der Waals surface area contributed by atoms with E-state index in [1.54, 1.807) is 0 Å². The largest absolute Gasteiger partial charge is 0.354 e. The van der Waals surface area contributed by atoms with Gasteiger partial charge in [0.05, 0.1) is 6.54 Å². The second-order valence-corrected chi connectivity index (χ2v) is 3.04. The Morgan fingerprint density at radius 2 is 2.00 bits per heavy atom. The molecule has 16 heavy (non-hydrogen) atoms. The topological polar surface area (TPSA) is 30.8 Å². The molecule has 0 saturated carbocycles. The van der Waals surface area contributed by atoms with E-state index in [9.17, 15) is 8.78 Å². The zero-order valence-corrected chi connectivity index (χ0v) is 9.11. The first kappa shape index (κ1) is 12.7. The Hall–Kier alpha value is -1.33. The lowest BCUT2D eigenvalue weighted by Crippen LogP contribution is -2.16. The van der Waals surface area contributed by atoms with Gasteiger partial charge in [0.2, 0.25) is 0 Å². The third-order valence-electron chi connectivity index (χ3n) is 1.99. The van der Waals surface area contributed by atoms with E-state index in [1.165, 1.54) is 32.6 Å². The maximum absolute atomic E-state index is 13.2. The quantitative estimate of drug-likeness (QED) is 0.571. The molecule has 3 nitrogen and oxygen atoms in total. The number of hydrogen-bond donors (Lipinski definition) is 0. The van der Waals surface area contributed by atoms with Gasteiger partial charge in [0.25, 0.3) is 0 Å². The van der Waals surface area contributed by atoms with Crippen molar-refractivity contribution in [2.24, 2.45) is 4.99 Å². The number of halogens is 2. The third-order valence-corrected chi connectivity index (χ3v) is 1.99. The van der Waals surface area contributed by atoms with Gasteiger partial charge in [-0.25, -0.2) is 8.78 Å². The maximum atomic E-state index is 13.2. The second-order valence-electron chi connectivity index (χ2n) is 3.04. The molecule has 0 unspecified atom stereocenters. The molecule has 0 aliphatic heterocycles. The van der Waals surface area contributed by atoms with E-state index in [0.29, 0.717) is 0 Å². The summed E-state index contributed by atoms with van der Waals surface area (Å²) >= 11 is 0. The number of benzene rings is 1. The van der Waals surface area contributed by atoms with Crippen LogP contribution in [0.1, 0.15) is 5.56 Å². The fraction of sp³-hybridized carbons (Fsp3) is 0.364. The maximum Gasteiger partial charge on any atom is 0.176 e. The minimum absolute atomic E-state index is 0.103. The van der Waals surface area contributed by atoms with E-state index < -0.39 is 17.9 Å². The average molecular weight is 229 g/mol. The smallest absolute Gasteiger partial charge is 0.176 e. The molecule has 0 spiro atoms. The minimum atomic E-state index is -0.905. The summed E-state index contributed by atoms with van der Waals surface area (Å²) in [5, 5.41) is 0. The molecule has 0 atom stereocenters. The van der Waals surface area contributed by atoms with Crippen LogP contribution in [-0.4, -0.2) is 33.3 Å². The molecule has 0 aliphatic rings. The van der Waals surface area contributed by atoms with E-state index in [-0.39, 0.29) is 12.1 Å². The molecule has 5 heteroatoms. The van der Waals surface area contributed by atoms with Crippen LogP contribution in [0.15, 0.2) is 23.2 Å². The van der Waals surface area contributed by atoms with Crippen LogP contribution in [0.4, 0.5) is 8.78 Å². The number of methoxy groups -OCH3 is 2. The molecule has 0 bridgehead atoms. The van der Waals surface area contributed by atoms with E-state index in [4.69, 9.17) is 9.47 Å². The van der Waals surface area contributed by atoms with Crippen molar-refractivity contribution in [2.75, 3.05) is 20.8 Å². The Kier molecular flexibility index (Phi) is 5.01. The van der Waals surface area contributed by atoms with Crippen molar-refractivity contribution >= 4 is 6.21 Å². The minimum Gasteiger partial charge on any atom is -0.354 e. The Morgan fingerprint density at radius 3 is 2.62 bits per heavy atom. The molecule has 1 aromatic carbocycles. The van der Waals surface area contributed by atoms with Crippen molar-refractivity contribution in [1.82, 2.24) is 0 Å². The highest BCUT2D eigenvalue weighted by Gasteiger charge is 2.06. The van der Waals surface area contributed by atoms with Crippen LogP contribution in [-0.2, 0) is 9.47 Å². The molecule has 0 aliphatic carbocycles. The van der Waals surface area contributed by atoms with Gasteiger partial charge in [-0.05, 0) is 6.07 Å². The molecule has 88 valence electrons. The number of rotatable bonds is 5. The summed E-state index contributed by atoms with van der Waals surface area (Å²) in [6.07, 6.45) is 0.775. The molecule has 1 aromatic rings. The summed E-state index contributed by atoms with van der Waals surface area (Å²) in [4.78, 5) is 3.90. The molecule has 0 fully saturated rings. The molecule has 0 aromatic heterocycles. The lowest BCUT2D eigenvalue weighted by Gasteiger charge is -2.09. The van der Waals surface area contributed by atoms with E-state index in [0.717, 1.165) is 6.07 Å². The van der Waals surface area contributed by atoms with Crippen LogP contribution in [0.25, 0.3) is 0 Å². The van der Waals surface area contributed by atoms with Crippen LogP contribution in [0.2, 0.25) is 0 Å². The highest BCUT2D eigenvalue weighted by Crippen LogP contribution is 2.09. The van der Waals surface area contributed by atoms with E-state index in [2.05, 4.69) is 4.99 Å². The van der Waals surface area contributed by atoms with Gasteiger partial charge in [0, 0.05) is 26.0 Å². The number of aliphatic imine (C=N–C) groups is 1. The summed E-state index contributed by atoms with van der Waals surface area (Å²) < 4.78 is 35.7. The fourth-order valence-electron chi connectivity index (χ4n) is 1.10. The van der Waals surface area contributed by atoms with Crippen LogP contribution in [0.3, 0.4) is 0 Å². The summed E-state index contributed by atoms with van der Waals surface area (Å²) in [6.45, 7) is 0.225. The van der Waals surface area contributed by atoms with E-state index in [1.807, 2.05) is 0 Å². The van der Waals surface area contributed by atoms with Crippen LogP contribution in [0.5, 0.6) is 0 Å². The zero-order valence-electron chi connectivity index (χ0n) is 9.11. The Bertz CT molecular complexity index is 365. The number of nitrogens with zero attached hydrogens (tertiary/aromatic N) is 1. The molecule has 0 heterocycles. The molecule has 0 radical (unpaired) electrons. The molecule has 1 rings (SSSR count). The lowest BCUT2D eigenvalue weighted by atomic mass is 10.2. The van der Waals surface area contributed by atoms with Crippen LogP contribution >= 0.6 is 0 Å². The Morgan fingerprint density at radius 1 is 1.31 bits per heavy atom. The highest BCUT2D eigenvalue weighted by molar-refractivity contribution is 5.79. The Labute approximate surface area is 92.7 Å². The predicted molar refractivity (Wildman–Crippen MR) is 56.6 cm³/mol. The van der Waals surface area contributed by atoms with Gasteiger partial charge in [0.1, 0.15) is 0 Å². The highest BCUT2D eigenvalue weighted by atomic mass is 19.2. The van der Waals surface area contributed by atoms with Gasteiger partial charge < -0.3 is 9.47 Å². The summed E-state index contributed by atoms with van der Waals surface area (Å²) in [6, 6.07) is 3.92. The van der Waals surface area contributed by atoms with Crippen LogP contribution in [0, 0.1) is 11.6 Å². The first-order chi connectivity index (χ1) is 7.69. The summed E-state index contributed by atoms with van der Waals surface area (Å²) in [5.41, 5.74) is 0.103. The monoisotopic (exact) mass is 229 g/mol. The molecular formula is C11H13F2NO2. The summed E-state index contributed by atoms with van der Waals surface area (Å²) in [5.74, 6) is -1.79. The van der Waals surface area contributed by atoms with E-state index >= 15 is 0 Å². The first-order valence-corrected chi connectivity index (χ1v) is 4.68. The normalized spacial score (nSPS) is 11.6. The SMILES string of the molecule is COC(C/N=C/c1cccc(F)c1F)OC. The average Bonchev–Trinajstić information content (AvgIpc) is 2.30. The van der Waals surface area contributed by atoms with Crippen molar-refractivity contribution in [3.63, 3.8) is 0 Å². The Balaban J connectivity index is 2.66. The third kappa shape index (κ3) is 3.36. The van der Waals surface area contributed by atoms with Crippen molar-refractivity contribution in [3.05, 3.63) is 35.4 Å². The number of ether oxygens (including phenoxy) is 2. The second kappa shape index (κ2) is 6.30. The van der Waals surface area contributed by atoms with Crippen molar-refractivity contribution < 1.29 is 18.3 Å². The summed E-state index contributed by atoms with van der Waals surface area (Å²) in [7, 11) is 2.96. The van der Waals surface area contributed by atoms with Gasteiger partial charge in [-0.2, -0.15) is 0 Å². The van der Waals surface area contributed by atoms with Crippen molar-refractivity contribution in [1.29, 1.82) is 0 Å². The zero-order chi connectivity index (χ0) is 12.0. The van der Waals surface area contributed by atoms with Crippen molar-refractivity contribution in [2.45, 2.75) is 6.29 Å². The van der Waals surface area contributed by atoms with Gasteiger partial charge in [-0.3, -0.25) is 4.99 Å². The number of hydrogen-bond acceptors (Lipinski definition) is 3. The molecule has 0 saturated heterocycles. The van der Waals surface area contributed by atoms with Gasteiger partial charge >= 0.3 is 0 Å². The molecule has 0 N–H and O–H groups in total. The van der Waals surface area contributed by atoms with Gasteiger partial charge in [-0.1, -0.05) is 12.1 Å². The van der Waals surface area contributed by atoms with Crippen molar-refractivity contribution in [3.8, 4) is 0 Å². The molecule has 0 amide bonds. The first-order valence-electron chi connectivity index (χ1n) is 4.68. The van der Waals surface area contributed by atoms with Gasteiger partial charge in [-0.15, -0.1) is 0 Å². The predicted octanol–water partition coefficient (Wildman–Crippen LogP) is 2.00.